The molecule has 2 N–H and O–H groups in total. The summed E-state index contributed by atoms with van der Waals surface area (Å²) in [5, 5.41) is 10.7. The van der Waals surface area contributed by atoms with Gasteiger partial charge in [-0.15, -0.1) is 0 Å². The molecule has 1 aromatic carbocycles. The van der Waals surface area contributed by atoms with Gasteiger partial charge >= 0.3 is 0 Å². The van der Waals surface area contributed by atoms with Crippen LogP contribution >= 0.6 is 0 Å². The highest BCUT2D eigenvalue weighted by Gasteiger charge is 2.20. The monoisotopic (exact) mass is 364 g/mol. The highest BCUT2D eigenvalue weighted by Crippen LogP contribution is 2.24. The topological polar surface area (TPSA) is 78.1 Å². The third kappa shape index (κ3) is 4.48. The molecular weight excluding hydrogens is 336 g/mol. The van der Waals surface area contributed by atoms with Crippen LogP contribution in [-0.4, -0.2) is 37.0 Å². The number of benzene rings is 1. The molecule has 138 valence electrons. The normalized spacial score (nSPS) is 14.0. The minimum absolute atomic E-state index is 0.0128. The SMILES string of the molecule is CC(NCc1cn[nH]c1C(C)(C)C)c1ccc(S(=O)(=O)N(C)C)cc1. The number of aromatic amines is 1. The molecule has 0 aliphatic carbocycles. The van der Waals surface area contributed by atoms with Crippen molar-refractivity contribution in [2.75, 3.05) is 14.1 Å². The zero-order valence-corrected chi connectivity index (χ0v) is 16.6. The second-order valence-electron chi connectivity index (χ2n) is 7.48. The summed E-state index contributed by atoms with van der Waals surface area (Å²) in [4.78, 5) is 0.304. The Bertz CT molecular complexity index is 802. The molecule has 0 saturated carbocycles. The van der Waals surface area contributed by atoms with Gasteiger partial charge in [0.25, 0.3) is 0 Å². The molecule has 25 heavy (non-hydrogen) atoms. The van der Waals surface area contributed by atoms with E-state index in [4.69, 9.17) is 0 Å². The van der Waals surface area contributed by atoms with E-state index in [1.165, 1.54) is 18.4 Å². The number of hydrogen-bond acceptors (Lipinski definition) is 4. The van der Waals surface area contributed by atoms with Gasteiger partial charge in [0.15, 0.2) is 0 Å². The minimum Gasteiger partial charge on any atom is -0.306 e. The van der Waals surface area contributed by atoms with Crippen LogP contribution in [0.25, 0.3) is 0 Å². The van der Waals surface area contributed by atoms with Crippen LogP contribution in [0.15, 0.2) is 35.4 Å². The Morgan fingerprint density at radius 2 is 1.80 bits per heavy atom. The van der Waals surface area contributed by atoms with Crippen molar-refractivity contribution >= 4 is 10.0 Å². The minimum atomic E-state index is -3.39. The summed E-state index contributed by atoms with van der Waals surface area (Å²) in [5.74, 6) is 0. The maximum absolute atomic E-state index is 12.1. The van der Waals surface area contributed by atoms with Crippen molar-refractivity contribution in [2.45, 2.75) is 50.6 Å². The van der Waals surface area contributed by atoms with E-state index in [1.54, 1.807) is 12.1 Å². The van der Waals surface area contributed by atoms with Crippen LogP contribution in [0.2, 0.25) is 0 Å². The first-order valence-corrected chi connectivity index (χ1v) is 9.76. The van der Waals surface area contributed by atoms with Gasteiger partial charge in [-0.25, -0.2) is 12.7 Å². The highest BCUT2D eigenvalue weighted by atomic mass is 32.2. The van der Waals surface area contributed by atoms with E-state index in [-0.39, 0.29) is 11.5 Å². The number of hydrogen-bond donors (Lipinski definition) is 2. The van der Waals surface area contributed by atoms with Crippen molar-refractivity contribution in [1.82, 2.24) is 19.8 Å². The van der Waals surface area contributed by atoms with E-state index in [9.17, 15) is 8.42 Å². The summed E-state index contributed by atoms with van der Waals surface area (Å²) in [6.07, 6.45) is 1.85. The average molecular weight is 365 g/mol. The van der Waals surface area contributed by atoms with E-state index in [1.807, 2.05) is 18.3 Å². The maximum Gasteiger partial charge on any atom is 0.242 e. The molecule has 0 aliphatic heterocycles. The molecule has 2 rings (SSSR count). The van der Waals surface area contributed by atoms with Gasteiger partial charge in [0.2, 0.25) is 10.0 Å². The zero-order valence-electron chi connectivity index (χ0n) is 15.8. The van der Waals surface area contributed by atoms with E-state index in [0.29, 0.717) is 11.4 Å². The first-order valence-electron chi connectivity index (χ1n) is 8.32. The fraction of sp³-hybridized carbons (Fsp3) is 0.500. The van der Waals surface area contributed by atoms with Crippen molar-refractivity contribution < 1.29 is 8.42 Å². The Labute approximate surface area is 150 Å². The number of rotatable bonds is 6. The molecule has 0 spiro atoms. The molecular formula is C18H28N4O2S. The maximum atomic E-state index is 12.1. The number of nitrogens with one attached hydrogen (secondary N) is 2. The summed E-state index contributed by atoms with van der Waals surface area (Å²) in [6.45, 7) is 9.21. The lowest BCUT2D eigenvalue weighted by Gasteiger charge is -2.20. The molecule has 0 saturated heterocycles. The quantitative estimate of drug-likeness (QED) is 0.826. The van der Waals surface area contributed by atoms with Gasteiger partial charge in [0, 0.05) is 43.4 Å². The lowest BCUT2D eigenvalue weighted by molar-refractivity contribution is 0.520. The fourth-order valence-electron chi connectivity index (χ4n) is 2.61. The molecule has 0 amide bonds. The van der Waals surface area contributed by atoms with Gasteiger partial charge in [-0.05, 0) is 24.6 Å². The van der Waals surface area contributed by atoms with Gasteiger partial charge in [-0.1, -0.05) is 32.9 Å². The molecule has 1 atom stereocenters. The molecule has 1 heterocycles. The van der Waals surface area contributed by atoms with E-state index in [0.717, 1.165) is 16.8 Å². The van der Waals surface area contributed by atoms with Crippen LogP contribution in [0, 0.1) is 0 Å². The molecule has 0 bridgehead atoms. The number of H-pyrrole nitrogens is 1. The molecule has 0 aliphatic rings. The fourth-order valence-corrected chi connectivity index (χ4v) is 3.52. The number of aromatic nitrogens is 2. The van der Waals surface area contributed by atoms with Crippen molar-refractivity contribution in [3.63, 3.8) is 0 Å². The van der Waals surface area contributed by atoms with Crippen LogP contribution in [0.3, 0.4) is 0 Å². The van der Waals surface area contributed by atoms with Crippen molar-refractivity contribution in [3.05, 3.63) is 47.3 Å². The summed E-state index contributed by atoms with van der Waals surface area (Å²) in [5.41, 5.74) is 3.32. The van der Waals surface area contributed by atoms with Gasteiger partial charge < -0.3 is 5.32 Å². The second-order valence-corrected chi connectivity index (χ2v) is 9.63. The van der Waals surface area contributed by atoms with Crippen molar-refractivity contribution in [2.24, 2.45) is 0 Å². The lowest BCUT2D eigenvalue weighted by Crippen LogP contribution is -2.23. The third-order valence-electron chi connectivity index (χ3n) is 4.23. The van der Waals surface area contributed by atoms with Gasteiger partial charge in [0.05, 0.1) is 11.1 Å². The molecule has 2 aromatic rings. The van der Waals surface area contributed by atoms with Crippen LogP contribution in [0.5, 0.6) is 0 Å². The summed E-state index contributed by atoms with van der Waals surface area (Å²) >= 11 is 0. The Morgan fingerprint density at radius 1 is 1.20 bits per heavy atom. The Morgan fingerprint density at radius 3 is 2.32 bits per heavy atom. The Balaban J connectivity index is 2.07. The van der Waals surface area contributed by atoms with Crippen LogP contribution in [0.1, 0.15) is 50.6 Å². The Hall–Kier alpha value is -1.70. The van der Waals surface area contributed by atoms with E-state index < -0.39 is 10.0 Å². The molecule has 1 aromatic heterocycles. The third-order valence-corrected chi connectivity index (χ3v) is 6.05. The first-order chi connectivity index (χ1) is 11.5. The average Bonchev–Trinajstić information content (AvgIpc) is 3.01. The second kappa shape index (κ2) is 7.27. The van der Waals surface area contributed by atoms with E-state index >= 15 is 0 Å². The molecule has 0 radical (unpaired) electrons. The summed E-state index contributed by atoms with van der Waals surface area (Å²) < 4.78 is 25.5. The summed E-state index contributed by atoms with van der Waals surface area (Å²) in [7, 11) is -0.323. The highest BCUT2D eigenvalue weighted by molar-refractivity contribution is 7.89. The zero-order chi connectivity index (χ0) is 18.8. The Kier molecular flexibility index (Phi) is 5.71. The number of sulfonamides is 1. The van der Waals surface area contributed by atoms with Crippen LogP contribution < -0.4 is 5.32 Å². The van der Waals surface area contributed by atoms with Crippen molar-refractivity contribution in [1.29, 1.82) is 0 Å². The van der Waals surface area contributed by atoms with Gasteiger partial charge in [-0.2, -0.15) is 5.10 Å². The van der Waals surface area contributed by atoms with Crippen LogP contribution in [-0.2, 0) is 22.0 Å². The summed E-state index contributed by atoms with van der Waals surface area (Å²) in [6, 6.07) is 7.11. The van der Waals surface area contributed by atoms with E-state index in [2.05, 4.69) is 43.2 Å². The number of nitrogens with zero attached hydrogens (tertiary/aromatic N) is 2. The lowest BCUT2D eigenvalue weighted by atomic mass is 9.89. The predicted octanol–water partition coefficient (Wildman–Crippen LogP) is 2.81. The molecule has 7 heteroatoms. The largest absolute Gasteiger partial charge is 0.306 e. The standard InChI is InChI=1S/C18H28N4O2S/c1-13(19-11-15-12-20-21-17(15)18(2,3)4)14-7-9-16(10-8-14)25(23,24)22(5)6/h7-10,12-13,19H,11H2,1-6H3,(H,20,21). The first kappa shape index (κ1) is 19.6. The van der Waals surface area contributed by atoms with Gasteiger partial charge in [-0.3, -0.25) is 5.10 Å². The predicted molar refractivity (Wildman–Crippen MR) is 99.9 cm³/mol. The molecule has 0 fully saturated rings. The molecule has 6 nitrogen and oxygen atoms in total. The van der Waals surface area contributed by atoms with Crippen molar-refractivity contribution in [3.8, 4) is 0 Å². The van der Waals surface area contributed by atoms with Crippen LogP contribution in [0.4, 0.5) is 0 Å². The smallest absolute Gasteiger partial charge is 0.242 e. The van der Waals surface area contributed by atoms with Gasteiger partial charge in [0.1, 0.15) is 0 Å². The molecule has 1 unspecified atom stereocenters.